The van der Waals surface area contributed by atoms with E-state index < -0.39 is 20.3 Å². The Hall–Kier alpha value is -1.07. The van der Waals surface area contributed by atoms with E-state index in [4.69, 9.17) is 15.4 Å². The topological polar surface area (TPSA) is 60.4 Å². The Labute approximate surface area is 105 Å². The fourth-order valence-corrected chi connectivity index (χ4v) is 2.46. The number of hydrogen-bond donors (Lipinski definition) is 0. The van der Waals surface area contributed by atoms with Crippen molar-refractivity contribution < 1.29 is 17.9 Å². The Morgan fingerprint density at radius 1 is 1.35 bits per heavy atom. The Kier molecular flexibility index (Phi) is 4.96. The van der Waals surface area contributed by atoms with Crippen molar-refractivity contribution in [3.05, 3.63) is 35.9 Å². The molecule has 1 unspecified atom stereocenters. The Morgan fingerprint density at radius 2 is 1.94 bits per heavy atom. The molecule has 1 aromatic carbocycles. The number of benzene rings is 1. The summed E-state index contributed by atoms with van der Waals surface area (Å²) in [5.41, 5.74) is 0.717. The van der Waals surface area contributed by atoms with Gasteiger partial charge in [0.1, 0.15) is 0 Å². The molecule has 0 heterocycles. The predicted octanol–water partition coefficient (Wildman–Crippen LogP) is 1.73. The van der Waals surface area contributed by atoms with Crippen molar-refractivity contribution >= 4 is 25.7 Å². The van der Waals surface area contributed by atoms with Gasteiger partial charge >= 0.3 is 5.97 Å². The summed E-state index contributed by atoms with van der Waals surface area (Å²) in [6.45, 7) is 1.73. The molecule has 0 saturated carbocycles. The third-order valence-corrected chi connectivity index (χ3v) is 3.84. The molecule has 0 aliphatic carbocycles. The van der Waals surface area contributed by atoms with E-state index >= 15 is 0 Å². The number of esters is 1. The second kappa shape index (κ2) is 6.02. The molecule has 4 nitrogen and oxygen atoms in total. The molecule has 0 amide bonds. The van der Waals surface area contributed by atoms with Gasteiger partial charge in [0.25, 0.3) is 0 Å². The van der Waals surface area contributed by atoms with Crippen LogP contribution in [0.1, 0.15) is 12.5 Å². The first-order valence-electron chi connectivity index (χ1n) is 5.09. The molecule has 0 aliphatic heterocycles. The predicted molar refractivity (Wildman–Crippen MR) is 65.3 cm³/mol. The van der Waals surface area contributed by atoms with Crippen LogP contribution in [0.5, 0.6) is 0 Å². The Balaban J connectivity index is 2.90. The number of halogens is 1. The van der Waals surface area contributed by atoms with Crippen LogP contribution in [0.4, 0.5) is 0 Å². The van der Waals surface area contributed by atoms with E-state index in [0.29, 0.717) is 0 Å². The number of ether oxygens (including phenoxy) is 1. The monoisotopic (exact) mass is 276 g/mol. The maximum atomic E-state index is 11.5. The number of rotatable bonds is 5. The molecule has 1 atom stereocenters. The molecule has 6 heteroatoms. The number of carbonyl (C=O) groups excluding carboxylic acids is 1. The SMILES string of the molecule is CCOC(=O)C(Cc1ccccc1)S(=O)(=O)Cl. The van der Waals surface area contributed by atoms with Crippen LogP contribution in [-0.2, 0) is 25.0 Å². The molecular weight excluding hydrogens is 264 g/mol. The quantitative estimate of drug-likeness (QED) is 0.607. The van der Waals surface area contributed by atoms with Crippen LogP contribution in [0.2, 0.25) is 0 Å². The van der Waals surface area contributed by atoms with Crippen molar-refractivity contribution in [2.75, 3.05) is 6.61 Å². The van der Waals surface area contributed by atoms with Crippen LogP contribution in [0.3, 0.4) is 0 Å². The Morgan fingerprint density at radius 3 is 2.41 bits per heavy atom. The summed E-state index contributed by atoms with van der Waals surface area (Å²) in [5, 5.41) is -1.36. The fourth-order valence-electron chi connectivity index (χ4n) is 1.36. The Bertz CT molecular complexity index is 470. The summed E-state index contributed by atoms with van der Waals surface area (Å²) >= 11 is 0. The van der Waals surface area contributed by atoms with Crippen LogP contribution in [0.25, 0.3) is 0 Å². The molecule has 0 spiro atoms. The molecule has 0 N–H and O–H groups in total. The molecular formula is C11H13ClO4S. The minimum atomic E-state index is -3.99. The largest absolute Gasteiger partial charge is 0.465 e. The van der Waals surface area contributed by atoms with Gasteiger partial charge in [0.15, 0.2) is 5.25 Å². The van der Waals surface area contributed by atoms with Crippen LogP contribution < -0.4 is 0 Å². The lowest BCUT2D eigenvalue weighted by molar-refractivity contribution is -0.142. The average Bonchev–Trinajstić information content (AvgIpc) is 2.26. The maximum absolute atomic E-state index is 11.5. The molecule has 1 rings (SSSR count). The van der Waals surface area contributed by atoms with E-state index in [1.165, 1.54) is 0 Å². The van der Waals surface area contributed by atoms with E-state index in [1.807, 2.05) is 0 Å². The van der Waals surface area contributed by atoms with Crippen LogP contribution in [0.15, 0.2) is 30.3 Å². The van der Waals surface area contributed by atoms with Crippen molar-refractivity contribution in [1.82, 2.24) is 0 Å². The molecule has 17 heavy (non-hydrogen) atoms. The van der Waals surface area contributed by atoms with E-state index in [0.717, 1.165) is 5.56 Å². The van der Waals surface area contributed by atoms with Crippen LogP contribution in [0, 0.1) is 0 Å². The van der Waals surface area contributed by atoms with Gasteiger partial charge in [-0.3, -0.25) is 4.79 Å². The lowest BCUT2D eigenvalue weighted by atomic mass is 10.1. The van der Waals surface area contributed by atoms with E-state index in [9.17, 15) is 13.2 Å². The van der Waals surface area contributed by atoms with Gasteiger partial charge in [-0.25, -0.2) is 8.42 Å². The van der Waals surface area contributed by atoms with Crippen molar-refractivity contribution in [3.8, 4) is 0 Å². The second-order valence-corrected chi connectivity index (χ2v) is 6.22. The third-order valence-electron chi connectivity index (χ3n) is 2.15. The second-order valence-electron chi connectivity index (χ2n) is 3.41. The fraction of sp³-hybridized carbons (Fsp3) is 0.364. The first-order chi connectivity index (χ1) is 7.95. The summed E-state index contributed by atoms with van der Waals surface area (Å²) in [7, 11) is 1.26. The average molecular weight is 277 g/mol. The smallest absolute Gasteiger partial charge is 0.325 e. The lowest BCUT2D eigenvalue weighted by Gasteiger charge is -2.12. The van der Waals surface area contributed by atoms with Gasteiger partial charge in [-0.05, 0) is 12.5 Å². The minimum Gasteiger partial charge on any atom is -0.465 e. The van der Waals surface area contributed by atoms with Gasteiger partial charge in [-0.2, -0.15) is 0 Å². The molecule has 0 aliphatic rings. The van der Waals surface area contributed by atoms with Gasteiger partial charge in [-0.1, -0.05) is 30.3 Å². The molecule has 0 radical (unpaired) electrons. The molecule has 0 fully saturated rings. The van der Waals surface area contributed by atoms with Crippen molar-refractivity contribution in [2.24, 2.45) is 0 Å². The highest BCUT2D eigenvalue weighted by atomic mass is 35.7. The molecule has 1 aromatic rings. The lowest BCUT2D eigenvalue weighted by Crippen LogP contribution is -2.31. The molecule has 0 bridgehead atoms. The summed E-state index contributed by atoms with van der Waals surface area (Å²) in [5.74, 6) is -0.814. The first kappa shape index (κ1) is 14.0. The number of hydrogen-bond acceptors (Lipinski definition) is 4. The molecule has 94 valence electrons. The highest BCUT2D eigenvalue weighted by Crippen LogP contribution is 2.15. The first-order valence-corrected chi connectivity index (χ1v) is 7.46. The summed E-state index contributed by atoms with van der Waals surface area (Å²) in [4.78, 5) is 11.5. The zero-order valence-electron chi connectivity index (χ0n) is 9.30. The van der Waals surface area contributed by atoms with Crippen LogP contribution in [-0.4, -0.2) is 26.2 Å². The third kappa shape index (κ3) is 4.36. The number of carbonyl (C=O) groups is 1. The minimum absolute atomic E-state index is 0.0194. The highest BCUT2D eigenvalue weighted by molar-refractivity contribution is 8.14. The van der Waals surface area contributed by atoms with Gasteiger partial charge in [0, 0.05) is 17.1 Å². The summed E-state index contributed by atoms with van der Waals surface area (Å²) < 4.78 is 27.3. The standard InChI is InChI=1S/C11H13ClO4S/c1-2-16-11(13)10(17(12,14)15)8-9-6-4-3-5-7-9/h3-7,10H,2,8H2,1H3. The van der Waals surface area contributed by atoms with Crippen LogP contribution >= 0.6 is 10.7 Å². The normalized spacial score (nSPS) is 13.1. The maximum Gasteiger partial charge on any atom is 0.325 e. The highest BCUT2D eigenvalue weighted by Gasteiger charge is 2.32. The summed E-state index contributed by atoms with van der Waals surface area (Å²) in [6.07, 6.45) is 0.0194. The van der Waals surface area contributed by atoms with Gasteiger partial charge in [0.05, 0.1) is 6.61 Å². The van der Waals surface area contributed by atoms with Crippen molar-refractivity contribution in [1.29, 1.82) is 0 Å². The molecule has 0 saturated heterocycles. The molecule has 0 aromatic heterocycles. The van der Waals surface area contributed by atoms with E-state index in [2.05, 4.69) is 0 Å². The zero-order chi connectivity index (χ0) is 12.9. The van der Waals surface area contributed by atoms with Gasteiger partial charge in [0.2, 0.25) is 9.05 Å². The zero-order valence-corrected chi connectivity index (χ0v) is 10.9. The van der Waals surface area contributed by atoms with E-state index in [1.54, 1.807) is 37.3 Å². The van der Waals surface area contributed by atoms with Crippen molar-refractivity contribution in [3.63, 3.8) is 0 Å². The van der Waals surface area contributed by atoms with Gasteiger partial charge < -0.3 is 4.74 Å². The summed E-state index contributed by atoms with van der Waals surface area (Å²) in [6, 6.07) is 8.79. The van der Waals surface area contributed by atoms with Crippen molar-refractivity contribution in [2.45, 2.75) is 18.6 Å². The van der Waals surface area contributed by atoms with E-state index in [-0.39, 0.29) is 13.0 Å². The van der Waals surface area contributed by atoms with Gasteiger partial charge in [-0.15, -0.1) is 0 Å².